The first-order chi connectivity index (χ1) is 8.33. The molecular formula is C16H34N+. The summed E-state index contributed by atoms with van der Waals surface area (Å²) < 4.78 is 1.44. The van der Waals surface area contributed by atoms with Crippen LogP contribution in [0.4, 0.5) is 0 Å². The zero-order valence-corrected chi connectivity index (χ0v) is 12.3. The van der Waals surface area contributed by atoms with E-state index in [4.69, 9.17) is 0 Å². The molecule has 0 radical (unpaired) electrons. The van der Waals surface area contributed by atoms with E-state index in [1.807, 2.05) is 0 Å². The van der Waals surface area contributed by atoms with Gasteiger partial charge >= 0.3 is 0 Å². The molecule has 1 heteroatoms. The minimum atomic E-state index is 1.37. The summed E-state index contributed by atoms with van der Waals surface area (Å²) in [5.41, 5.74) is 0. The number of likely N-dealkylation sites (N-methyl/N-ethyl adjacent to an activating group) is 1. The molecule has 102 valence electrons. The van der Waals surface area contributed by atoms with Gasteiger partial charge in [0.2, 0.25) is 0 Å². The first kappa shape index (κ1) is 15.0. The molecule has 0 aromatic heterocycles. The SMILES string of the molecule is CCCCCCCCCCCC[N+]1(CC)CC1. The quantitative estimate of drug-likeness (QED) is 0.262. The fraction of sp³-hybridized carbons (Fsp3) is 1.00. The zero-order valence-electron chi connectivity index (χ0n) is 12.3. The van der Waals surface area contributed by atoms with Crippen LogP contribution in [0.5, 0.6) is 0 Å². The van der Waals surface area contributed by atoms with Crippen molar-refractivity contribution in [1.29, 1.82) is 0 Å². The molecule has 1 rings (SSSR count). The standard InChI is InChI=1S/C16H34N/c1-3-5-6-7-8-9-10-11-12-13-14-17(4-2)15-16-17/h3-16H2,1-2H3/q+1. The van der Waals surface area contributed by atoms with Crippen LogP contribution in [-0.2, 0) is 0 Å². The van der Waals surface area contributed by atoms with Crippen LogP contribution in [0.15, 0.2) is 0 Å². The minimum absolute atomic E-state index is 1.37. The Morgan fingerprint density at radius 3 is 1.53 bits per heavy atom. The van der Waals surface area contributed by atoms with Crippen molar-refractivity contribution in [2.24, 2.45) is 0 Å². The van der Waals surface area contributed by atoms with E-state index < -0.39 is 0 Å². The van der Waals surface area contributed by atoms with Crippen molar-refractivity contribution in [2.75, 3.05) is 26.2 Å². The number of hydrogen-bond acceptors (Lipinski definition) is 0. The van der Waals surface area contributed by atoms with Gasteiger partial charge in [0.25, 0.3) is 0 Å². The van der Waals surface area contributed by atoms with Crippen LogP contribution < -0.4 is 0 Å². The Balaban J connectivity index is 1.73. The summed E-state index contributed by atoms with van der Waals surface area (Å²) >= 11 is 0. The van der Waals surface area contributed by atoms with E-state index in [0.29, 0.717) is 0 Å². The lowest BCUT2D eigenvalue weighted by Gasteiger charge is -2.15. The number of unbranched alkanes of at least 4 members (excludes halogenated alkanes) is 9. The Morgan fingerprint density at radius 1 is 0.647 bits per heavy atom. The summed E-state index contributed by atoms with van der Waals surface area (Å²) in [6.07, 6.45) is 14.6. The number of quaternary nitrogens is 1. The van der Waals surface area contributed by atoms with Gasteiger partial charge in [0.15, 0.2) is 0 Å². The van der Waals surface area contributed by atoms with E-state index in [2.05, 4.69) is 13.8 Å². The van der Waals surface area contributed by atoms with E-state index in [-0.39, 0.29) is 0 Å². The highest BCUT2D eigenvalue weighted by molar-refractivity contribution is 4.56. The molecule has 1 aliphatic heterocycles. The third-order valence-electron chi connectivity index (χ3n) is 4.51. The van der Waals surface area contributed by atoms with Gasteiger partial charge in [0.05, 0.1) is 13.1 Å². The second-order valence-corrected chi connectivity index (χ2v) is 6.01. The smallest absolute Gasteiger partial charge is 0.129 e. The summed E-state index contributed by atoms with van der Waals surface area (Å²) in [5, 5.41) is 0. The van der Waals surface area contributed by atoms with Crippen molar-refractivity contribution in [2.45, 2.75) is 78.1 Å². The number of rotatable bonds is 12. The average molecular weight is 240 g/mol. The molecule has 0 bridgehead atoms. The van der Waals surface area contributed by atoms with Gasteiger partial charge in [-0.15, -0.1) is 0 Å². The van der Waals surface area contributed by atoms with E-state index >= 15 is 0 Å². The van der Waals surface area contributed by atoms with Gasteiger partial charge in [-0.2, -0.15) is 0 Å². The Hall–Kier alpha value is -0.0400. The monoisotopic (exact) mass is 240 g/mol. The van der Waals surface area contributed by atoms with Crippen LogP contribution in [0.2, 0.25) is 0 Å². The lowest BCUT2D eigenvalue weighted by atomic mass is 10.1. The maximum atomic E-state index is 2.35. The van der Waals surface area contributed by atoms with Crippen molar-refractivity contribution < 1.29 is 4.48 Å². The van der Waals surface area contributed by atoms with Crippen LogP contribution >= 0.6 is 0 Å². The number of nitrogens with zero attached hydrogens (tertiary/aromatic N) is 1. The van der Waals surface area contributed by atoms with Crippen LogP contribution in [0.25, 0.3) is 0 Å². The largest absolute Gasteiger partial charge is 0.315 e. The van der Waals surface area contributed by atoms with Crippen molar-refractivity contribution in [1.82, 2.24) is 0 Å². The molecule has 1 saturated heterocycles. The Morgan fingerprint density at radius 2 is 1.12 bits per heavy atom. The third kappa shape index (κ3) is 7.08. The van der Waals surface area contributed by atoms with Gasteiger partial charge in [-0.05, 0) is 19.8 Å². The molecule has 1 nitrogen and oxygen atoms in total. The van der Waals surface area contributed by atoms with Gasteiger partial charge in [-0.3, -0.25) is 0 Å². The van der Waals surface area contributed by atoms with Gasteiger partial charge in [-0.25, -0.2) is 0 Å². The first-order valence-electron chi connectivity index (χ1n) is 8.18. The number of hydrogen-bond donors (Lipinski definition) is 0. The van der Waals surface area contributed by atoms with E-state index in [1.165, 1.54) is 94.9 Å². The van der Waals surface area contributed by atoms with Crippen LogP contribution in [0.3, 0.4) is 0 Å². The first-order valence-corrected chi connectivity index (χ1v) is 8.18. The van der Waals surface area contributed by atoms with E-state index in [9.17, 15) is 0 Å². The Bertz CT molecular complexity index is 172. The molecule has 1 aliphatic rings. The lowest BCUT2D eigenvalue weighted by molar-refractivity contribution is -0.797. The summed E-state index contributed by atoms with van der Waals surface area (Å²) in [6.45, 7) is 10.4. The van der Waals surface area contributed by atoms with Crippen LogP contribution in [0, 0.1) is 0 Å². The van der Waals surface area contributed by atoms with Gasteiger partial charge in [-0.1, -0.05) is 58.3 Å². The summed E-state index contributed by atoms with van der Waals surface area (Å²) in [6, 6.07) is 0. The third-order valence-corrected chi connectivity index (χ3v) is 4.51. The fourth-order valence-corrected chi connectivity index (χ4v) is 2.77. The molecule has 0 saturated carbocycles. The molecule has 17 heavy (non-hydrogen) atoms. The summed E-state index contributed by atoms with van der Waals surface area (Å²) in [7, 11) is 0. The predicted octanol–water partition coefficient (Wildman–Crippen LogP) is 4.76. The molecule has 0 unspecified atom stereocenters. The highest BCUT2D eigenvalue weighted by Crippen LogP contribution is 2.21. The van der Waals surface area contributed by atoms with Crippen molar-refractivity contribution in [3.8, 4) is 0 Å². The zero-order chi connectivity index (χ0) is 12.4. The van der Waals surface area contributed by atoms with Gasteiger partial charge in [0.1, 0.15) is 13.1 Å². The van der Waals surface area contributed by atoms with Crippen molar-refractivity contribution >= 4 is 0 Å². The molecular weight excluding hydrogens is 206 g/mol. The highest BCUT2D eigenvalue weighted by Gasteiger charge is 2.38. The van der Waals surface area contributed by atoms with Gasteiger partial charge in [0, 0.05) is 0 Å². The molecule has 1 heterocycles. The molecule has 0 N–H and O–H groups in total. The lowest BCUT2D eigenvalue weighted by Crippen LogP contribution is -2.26. The van der Waals surface area contributed by atoms with Crippen molar-refractivity contribution in [3.63, 3.8) is 0 Å². The molecule has 0 spiro atoms. The summed E-state index contributed by atoms with van der Waals surface area (Å²) in [4.78, 5) is 0. The molecule has 0 amide bonds. The molecule has 0 aromatic rings. The second-order valence-electron chi connectivity index (χ2n) is 6.01. The molecule has 1 fully saturated rings. The second kappa shape index (κ2) is 8.97. The fourth-order valence-electron chi connectivity index (χ4n) is 2.77. The minimum Gasteiger partial charge on any atom is -0.315 e. The molecule has 0 atom stereocenters. The van der Waals surface area contributed by atoms with Gasteiger partial charge < -0.3 is 4.48 Å². The molecule has 0 aliphatic carbocycles. The highest BCUT2D eigenvalue weighted by atomic mass is 15.5. The van der Waals surface area contributed by atoms with E-state index in [1.54, 1.807) is 0 Å². The van der Waals surface area contributed by atoms with Crippen LogP contribution in [-0.4, -0.2) is 30.7 Å². The predicted molar refractivity (Wildman–Crippen MR) is 77.2 cm³/mol. The maximum absolute atomic E-state index is 2.35. The molecule has 0 aromatic carbocycles. The Labute approximate surface area is 109 Å². The van der Waals surface area contributed by atoms with E-state index in [0.717, 1.165) is 0 Å². The average Bonchev–Trinajstić information content (AvgIpc) is 3.12. The maximum Gasteiger partial charge on any atom is 0.129 e. The summed E-state index contributed by atoms with van der Waals surface area (Å²) in [5.74, 6) is 0. The van der Waals surface area contributed by atoms with Crippen LogP contribution in [0.1, 0.15) is 78.1 Å². The topological polar surface area (TPSA) is 0 Å². The normalized spacial score (nSPS) is 17.3. The van der Waals surface area contributed by atoms with Crippen molar-refractivity contribution in [3.05, 3.63) is 0 Å². The Kier molecular flexibility index (Phi) is 7.92.